The molecule has 1 saturated heterocycles. The Balaban J connectivity index is 1.68. The summed E-state index contributed by atoms with van der Waals surface area (Å²) in [5.74, 6) is -2.00. The molecule has 0 aliphatic carbocycles. The normalized spacial score (nSPS) is 13.9. The first-order valence-electron chi connectivity index (χ1n) is 11.7. The Morgan fingerprint density at radius 1 is 1.16 bits per heavy atom. The highest BCUT2D eigenvalue weighted by atomic mass is 19.4. The van der Waals surface area contributed by atoms with Gasteiger partial charge in [0.05, 0.1) is 24.4 Å². The van der Waals surface area contributed by atoms with Crippen LogP contribution in [0.15, 0.2) is 30.3 Å². The fourth-order valence-electron chi connectivity index (χ4n) is 3.93. The molecule has 1 N–H and O–H groups in total. The van der Waals surface area contributed by atoms with Gasteiger partial charge in [-0.25, -0.2) is 9.78 Å². The Morgan fingerprint density at radius 3 is 2.55 bits per heavy atom. The number of nitrogens with zero attached hydrogens (tertiary/aromatic N) is 4. The van der Waals surface area contributed by atoms with Gasteiger partial charge in [0.15, 0.2) is 0 Å². The van der Waals surface area contributed by atoms with Crippen LogP contribution in [0.3, 0.4) is 0 Å². The van der Waals surface area contributed by atoms with E-state index in [2.05, 4.69) is 20.3 Å². The van der Waals surface area contributed by atoms with E-state index in [0.29, 0.717) is 49.3 Å². The van der Waals surface area contributed by atoms with Crippen molar-refractivity contribution in [3.05, 3.63) is 47.4 Å². The third-order valence-corrected chi connectivity index (χ3v) is 5.70. The number of amides is 2. The molecule has 11 nitrogen and oxygen atoms in total. The summed E-state index contributed by atoms with van der Waals surface area (Å²) in [5.41, 5.74) is -0.656. The van der Waals surface area contributed by atoms with Crippen LogP contribution in [0.5, 0.6) is 5.75 Å². The second-order valence-corrected chi connectivity index (χ2v) is 8.33. The van der Waals surface area contributed by atoms with Gasteiger partial charge >= 0.3 is 12.1 Å². The lowest BCUT2D eigenvalue weighted by Gasteiger charge is -2.27. The highest BCUT2D eigenvalue weighted by Gasteiger charge is 2.33. The van der Waals surface area contributed by atoms with Gasteiger partial charge in [-0.15, -0.1) is 0 Å². The predicted molar refractivity (Wildman–Crippen MR) is 126 cm³/mol. The molecule has 0 saturated carbocycles. The number of aryl methyl sites for hydroxylation is 1. The number of morpholine rings is 1. The van der Waals surface area contributed by atoms with E-state index in [-0.39, 0.29) is 23.9 Å². The monoisotopic (exact) mass is 535 g/mol. The molecule has 3 heterocycles. The van der Waals surface area contributed by atoms with E-state index in [0.717, 1.165) is 25.1 Å². The second-order valence-electron chi connectivity index (χ2n) is 8.33. The van der Waals surface area contributed by atoms with Crippen LogP contribution in [-0.4, -0.2) is 63.8 Å². The van der Waals surface area contributed by atoms with Crippen molar-refractivity contribution in [1.82, 2.24) is 19.7 Å². The van der Waals surface area contributed by atoms with E-state index in [1.807, 2.05) is 6.92 Å². The first-order valence-corrected chi connectivity index (χ1v) is 11.7. The van der Waals surface area contributed by atoms with Crippen LogP contribution < -0.4 is 10.2 Å². The Bertz CT molecular complexity index is 1370. The number of pyridine rings is 1. The van der Waals surface area contributed by atoms with Crippen LogP contribution in [-0.2, 0) is 38.4 Å². The lowest BCUT2D eigenvalue weighted by Crippen LogP contribution is -2.42. The van der Waals surface area contributed by atoms with Crippen molar-refractivity contribution in [2.24, 2.45) is 0 Å². The number of hydrogen-bond donors (Lipinski definition) is 1. The molecule has 202 valence electrons. The highest BCUT2D eigenvalue weighted by molar-refractivity contribution is 6.05. The van der Waals surface area contributed by atoms with Crippen molar-refractivity contribution in [2.45, 2.75) is 33.0 Å². The standard InChI is InChI=1S/C24H24F3N5O6/c1-3-19-15-11-18(29-23(35)16-5-4-6-21(28-16)24(25,26)27)20(38-37-14(2)33)12-17(15)30-32(19)13-22(34)31-7-9-36-10-8-31/h4-6,11-12H,3,7-10,13H2,1-2H3,(H,29,35). The Morgan fingerprint density at radius 2 is 1.89 bits per heavy atom. The van der Waals surface area contributed by atoms with Gasteiger partial charge in [0.2, 0.25) is 11.7 Å². The fourth-order valence-corrected chi connectivity index (χ4v) is 3.93. The zero-order chi connectivity index (χ0) is 27.4. The van der Waals surface area contributed by atoms with Crippen LogP contribution in [0.2, 0.25) is 0 Å². The molecule has 38 heavy (non-hydrogen) atoms. The molecule has 0 radical (unpaired) electrons. The highest BCUT2D eigenvalue weighted by Crippen LogP contribution is 2.33. The average Bonchev–Trinajstić information content (AvgIpc) is 3.22. The number of hydrogen-bond acceptors (Lipinski definition) is 8. The van der Waals surface area contributed by atoms with Crippen molar-refractivity contribution >= 4 is 34.4 Å². The van der Waals surface area contributed by atoms with Gasteiger partial charge in [-0.3, -0.25) is 24.0 Å². The minimum Gasteiger partial charge on any atom is -0.378 e. The summed E-state index contributed by atoms with van der Waals surface area (Å²) in [4.78, 5) is 51.7. The number of benzene rings is 1. The molecule has 4 rings (SSSR count). The summed E-state index contributed by atoms with van der Waals surface area (Å²) < 4.78 is 46.0. The van der Waals surface area contributed by atoms with E-state index in [4.69, 9.17) is 9.62 Å². The van der Waals surface area contributed by atoms with Crippen molar-refractivity contribution in [3.63, 3.8) is 0 Å². The summed E-state index contributed by atoms with van der Waals surface area (Å²) in [6.45, 7) is 4.78. The van der Waals surface area contributed by atoms with Crippen LogP contribution in [0, 0.1) is 0 Å². The molecular formula is C24H24F3N5O6. The quantitative estimate of drug-likeness (QED) is 0.362. The molecule has 1 aliphatic heterocycles. The number of rotatable bonds is 7. The number of ether oxygens (including phenoxy) is 1. The van der Waals surface area contributed by atoms with Gasteiger partial charge < -0.3 is 15.0 Å². The predicted octanol–water partition coefficient (Wildman–Crippen LogP) is 2.98. The molecule has 0 atom stereocenters. The number of anilines is 1. The van der Waals surface area contributed by atoms with Gasteiger partial charge in [0.25, 0.3) is 5.91 Å². The SMILES string of the molecule is CCc1c2cc(NC(=O)c3cccc(C(F)(F)F)n3)c(OOC(C)=O)cc2nn1CC(=O)N1CCOCC1. The third kappa shape index (κ3) is 6.02. The molecular weight excluding hydrogens is 511 g/mol. The van der Waals surface area contributed by atoms with E-state index < -0.39 is 29.4 Å². The Hall–Kier alpha value is -4.20. The first-order chi connectivity index (χ1) is 18.1. The van der Waals surface area contributed by atoms with E-state index in [9.17, 15) is 27.6 Å². The number of carbonyl (C=O) groups is 3. The molecule has 2 amide bonds. The zero-order valence-corrected chi connectivity index (χ0v) is 20.5. The van der Waals surface area contributed by atoms with Gasteiger partial charge in [-0.1, -0.05) is 13.0 Å². The molecule has 14 heteroatoms. The smallest absolute Gasteiger partial charge is 0.378 e. The van der Waals surface area contributed by atoms with Gasteiger partial charge in [0.1, 0.15) is 17.9 Å². The molecule has 3 aromatic rings. The molecule has 0 bridgehead atoms. The van der Waals surface area contributed by atoms with E-state index in [1.54, 1.807) is 4.90 Å². The number of nitrogens with one attached hydrogen (secondary N) is 1. The molecule has 1 aromatic carbocycles. The van der Waals surface area contributed by atoms with Crippen molar-refractivity contribution < 1.29 is 42.1 Å². The van der Waals surface area contributed by atoms with Crippen LogP contribution in [0.25, 0.3) is 10.9 Å². The maximum atomic E-state index is 13.1. The van der Waals surface area contributed by atoms with Crippen LogP contribution in [0.1, 0.15) is 35.7 Å². The number of halogens is 3. The molecule has 0 unspecified atom stereocenters. The Labute approximate surface area is 214 Å². The summed E-state index contributed by atoms with van der Waals surface area (Å²) in [6, 6.07) is 5.82. The van der Waals surface area contributed by atoms with Gasteiger partial charge in [0, 0.05) is 37.2 Å². The van der Waals surface area contributed by atoms with Crippen molar-refractivity contribution in [2.75, 3.05) is 31.6 Å². The minimum absolute atomic E-state index is 0.00304. The van der Waals surface area contributed by atoms with E-state index in [1.165, 1.54) is 16.8 Å². The van der Waals surface area contributed by atoms with Gasteiger partial charge in [-0.2, -0.15) is 18.3 Å². The van der Waals surface area contributed by atoms with Crippen molar-refractivity contribution in [3.8, 4) is 5.75 Å². The largest absolute Gasteiger partial charge is 0.433 e. The van der Waals surface area contributed by atoms with Crippen LogP contribution in [0.4, 0.5) is 18.9 Å². The van der Waals surface area contributed by atoms with Gasteiger partial charge in [-0.05, 0) is 24.6 Å². The summed E-state index contributed by atoms with van der Waals surface area (Å²) in [7, 11) is 0. The lowest BCUT2D eigenvalue weighted by atomic mass is 10.1. The minimum atomic E-state index is -4.73. The summed E-state index contributed by atoms with van der Waals surface area (Å²) in [5, 5.41) is 7.51. The maximum absolute atomic E-state index is 13.1. The number of carbonyl (C=O) groups excluding carboxylic acids is 3. The molecule has 2 aromatic heterocycles. The maximum Gasteiger partial charge on any atom is 0.433 e. The summed E-state index contributed by atoms with van der Waals surface area (Å²) >= 11 is 0. The number of aromatic nitrogens is 3. The average molecular weight is 535 g/mol. The summed E-state index contributed by atoms with van der Waals surface area (Å²) in [6.07, 6.45) is -4.26. The fraction of sp³-hybridized carbons (Fsp3) is 0.375. The number of fused-ring (bicyclic) bond motifs is 1. The van der Waals surface area contributed by atoms with E-state index >= 15 is 0 Å². The molecule has 1 aliphatic rings. The molecule has 0 spiro atoms. The van der Waals surface area contributed by atoms with Crippen molar-refractivity contribution in [1.29, 1.82) is 0 Å². The first kappa shape index (κ1) is 26.9. The molecule has 1 fully saturated rings. The van der Waals surface area contributed by atoms with Crippen LogP contribution >= 0.6 is 0 Å². The number of alkyl halides is 3. The second kappa shape index (κ2) is 11.0. The Kier molecular flexibility index (Phi) is 7.80. The lowest BCUT2D eigenvalue weighted by molar-refractivity contribution is -0.210. The topological polar surface area (TPSA) is 125 Å². The third-order valence-electron chi connectivity index (χ3n) is 5.70. The zero-order valence-electron chi connectivity index (χ0n) is 20.5.